The first kappa shape index (κ1) is 24.3. The fraction of sp³-hybridized carbons (Fsp3) is 0.227. The molecule has 0 bridgehead atoms. The number of nitrogens with zero attached hydrogens (tertiary/aromatic N) is 2. The van der Waals surface area contributed by atoms with Crippen molar-refractivity contribution >= 4 is 44.8 Å². The fourth-order valence-electron chi connectivity index (χ4n) is 3.52. The van der Waals surface area contributed by atoms with Crippen LogP contribution < -0.4 is 20.7 Å². The molecule has 0 atom stereocenters. The molecular weight excluding hydrogens is 485 g/mol. The van der Waals surface area contributed by atoms with E-state index in [1.165, 1.54) is 12.1 Å². The molecule has 0 spiro atoms. The maximum absolute atomic E-state index is 13.6. The number of fused-ring (bicyclic) bond motifs is 1. The van der Waals surface area contributed by atoms with E-state index in [-0.39, 0.29) is 24.1 Å². The Balaban J connectivity index is 1.55. The molecule has 0 radical (unpaired) electrons. The Kier molecular flexibility index (Phi) is 6.52. The highest BCUT2D eigenvalue weighted by Crippen LogP contribution is 2.34. The van der Waals surface area contributed by atoms with Gasteiger partial charge in [-0.15, -0.1) is 0 Å². The van der Waals surface area contributed by atoms with E-state index in [0.29, 0.717) is 36.0 Å². The van der Waals surface area contributed by atoms with Crippen molar-refractivity contribution in [1.82, 2.24) is 9.97 Å². The van der Waals surface area contributed by atoms with Gasteiger partial charge in [0.2, 0.25) is 21.9 Å². The summed E-state index contributed by atoms with van der Waals surface area (Å²) in [7, 11) is -3.50. The summed E-state index contributed by atoms with van der Waals surface area (Å²) in [5.41, 5.74) is 1.93. The van der Waals surface area contributed by atoms with Crippen molar-refractivity contribution in [1.29, 1.82) is 0 Å². The molecule has 2 heterocycles. The van der Waals surface area contributed by atoms with Gasteiger partial charge in [0.1, 0.15) is 11.4 Å². The third-order valence-electron chi connectivity index (χ3n) is 5.04. The summed E-state index contributed by atoms with van der Waals surface area (Å²) in [6.07, 6.45) is -2.10. The van der Waals surface area contributed by atoms with Crippen LogP contribution in [0.3, 0.4) is 0 Å². The number of nitrogens with one attached hydrogen (secondary N) is 4. The number of anilines is 5. The summed E-state index contributed by atoms with van der Waals surface area (Å²) < 4.78 is 65.8. The minimum absolute atomic E-state index is 0.0443. The summed E-state index contributed by atoms with van der Waals surface area (Å²) in [6, 6.07) is 11.4. The number of halogens is 3. The quantitative estimate of drug-likeness (QED) is 0.380. The van der Waals surface area contributed by atoms with E-state index in [2.05, 4.69) is 30.6 Å². The van der Waals surface area contributed by atoms with Gasteiger partial charge in [-0.1, -0.05) is 12.1 Å². The second-order valence-corrected chi connectivity index (χ2v) is 9.68. The van der Waals surface area contributed by atoms with Crippen molar-refractivity contribution in [3.05, 3.63) is 65.4 Å². The van der Waals surface area contributed by atoms with E-state index in [0.717, 1.165) is 11.8 Å². The average Bonchev–Trinajstić information content (AvgIpc) is 2.76. The number of amides is 1. The van der Waals surface area contributed by atoms with Gasteiger partial charge in [-0.25, -0.2) is 13.4 Å². The van der Waals surface area contributed by atoms with Crippen molar-refractivity contribution in [3.63, 3.8) is 0 Å². The van der Waals surface area contributed by atoms with Gasteiger partial charge in [0.15, 0.2) is 0 Å². The number of carbonyl (C=O) groups excluding carboxylic acids is 1. The Labute approximate surface area is 199 Å². The molecule has 0 saturated heterocycles. The molecule has 1 aliphatic rings. The summed E-state index contributed by atoms with van der Waals surface area (Å²) in [5.74, 6) is -0.549. The maximum Gasteiger partial charge on any atom is 0.421 e. The van der Waals surface area contributed by atoms with Crippen LogP contribution in [0.1, 0.15) is 23.1 Å². The van der Waals surface area contributed by atoms with Gasteiger partial charge in [0.05, 0.1) is 6.26 Å². The molecule has 3 aromatic rings. The Bertz CT molecular complexity index is 1380. The van der Waals surface area contributed by atoms with Crippen LogP contribution in [0.25, 0.3) is 0 Å². The minimum atomic E-state index is -4.69. The lowest BCUT2D eigenvalue weighted by atomic mass is 10.0. The standard InChI is InChI=1S/C22H21F3N6O3S/c1-35(33,34)31-16-4-2-3-13(9-16)11-26-20-17(22(23,24)25)12-27-21(30-20)28-15-6-7-18-14(10-15)5-8-19(32)29-18/h2-4,6-7,9-10,12,31H,5,8,11H2,1H3,(H,29,32)(H2,26,27,28,30). The second kappa shape index (κ2) is 9.41. The SMILES string of the molecule is CS(=O)(=O)Nc1cccc(CNc2nc(Nc3ccc4c(c3)CCC(=O)N4)ncc2C(F)(F)F)c1. The van der Waals surface area contributed by atoms with E-state index >= 15 is 0 Å². The third-order valence-corrected chi connectivity index (χ3v) is 5.65. The molecule has 13 heteroatoms. The van der Waals surface area contributed by atoms with Crippen molar-refractivity contribution in [2.45, 2.75) is 25.6 Å². The molecule has 184 valence electrons. The van der Waals surface area contributed by atoms with Crippen LogP contribution in [0.15, 0.2) is 48.7 Å². The lowest BCUT2D eigenvalue weighted by Crippen LogP contribution is -2.19. The largest absolute Gasteiger partial charge is 0.421 e. The van der Waals surface area contributed by atoms with E-state index in [1.54, 1.807) is 30.3 Å². The molecule has 1 amide bonds. The number of sulfonamides is 1. The van der Waals surface area contributed by atoms with Crippen LogP contribution in [0.4, 0.5) is 42.0 Å². The molecule has 0 fully saturated rings. The fourth-order valence-corrected chi connectivity index (χ4v) is 4.07. The second-order valence-electron chi connectivity index (χ2n) is 7.93. The summed E-state index contributed by atoms with van der Waals surface area (Å²) in [6.45, 7) is -0.0443. The molecule has 4 N–H and O–H groups in total. The molecular formula is C22H21F3N6O3S. The number of aryl methyl sites for hydroxylation is 1. The number of alkyl halides is 3. The number of benzene rings is 2. The zero-order chi connectivity index (χ0) is 25.2. The van der Waals surface area contributed by atoms with Gasteiger partial charge < -0.3 is 16.0 Å². The van der Waals surface area contributed by atoms with Gasteiger partial charge >= 0.3 is 6.18 Å². The third kappa shape index (κ3) is 6.38. The number of aromatic nitrogens is 2. The number of hydrogen-bond donors (Lipinski definition) is 4. The van der Waals surface area contributed by atoms with Crippen LogP contribution in [0.5, 0.6) is 0 Å². The normalized spacial score (nSPS) is 13.5. The van der Waals surface area contributed by atoms with Crippen molar-refractivity contribution < 1.29 is 26.4 Å². The molecule has 0 aliphatic carbocycles. The van der Waals surface area contributed by atoms with E-state index < -0.39 is 27.6 Å². The Morgan fingerprint density at radius 2 is 1.89 bits per heavy atom. The van der Waals surface area contributed by atoms with Gasteiger partial charge in [-0.3, -0.25) is 9.52 Å². The van der Waals surface area contributed by atoms with Crippen molar-refractivity contribution in [3.8, 4) is 0 Å². The summed E-state index contributed by atoms with van der Waals surface area (Å²) >= 11 is 0. The first-order chi connectivity index (χ1) is 16.5. The molecule has 35 heavy (non-hydrogen) atoms. The van der Waals surface area contributed by atoms with Crippen LogP contribution >= 0.6 is 0 Å². The Morgan fingerprint density at radius 1 is 1.09 bits per heavy atom. The molecule has 2 aromatic carbocycles. The van der Waals surface area contributed by atoms with Crippen molar-refractivity contribution in [2.24, 2.45) is 0 Å². The molecule has 0 unspecified atom stereocenters. The van der Waals surface area contributed by atoms with Crippen LogP contribution in [-0.4, -0.2) is 30.5 Å². The number of carbonyl (C=O) groups is 1. The van der Waals surface area contributed by atoms with E-state index in [9.17, 15) is 26.4 Å². The lowest BCUT2D eigenvalue weighted by molar-refractivity contribution is -0.137. The smallest absolute Gasteiger partial charge is 0.365 e. The van der Waals surface area contributed by atoms with Gasteiger partial charge in [0.25, 0.3) is 0 Å². The number of hydrogen-bond acceptors (Lipinski definition) is 7. The zero-order valence-corrected chi connectivity index (χ0v) is 19.2. The Hall–Kier alpha value is -3.87. The van der Waals surface area contributed by atoms with Crippen molar-refractivity contribution in [2.75, 3.05) is 26.9 Å². The minimum Gasteiger partial charge on any atom is -0.365 e. The average molecular weight is 507 g/mol. The highest BCUT2D eigenvalue weighted by Gasteiger charge is 2.35. The summed E-state index contributed by atoms with van der Waals surface area (Å²) in [4.78, 5) is 19.3. The summed E-state index contributed by atoms with van der Waals surface area (Å²) in [5, 5.41) is 8.33. The van der Waals surface area contributed by atoms with Gasteiger partial charge in [-0.05, 0) is 47.9 Å². The highest BCUT2D eigenvalue weighted by molar-refractivity contribution is 7.92. The topological polar surface area (TPSA) is 125 Å². The zero-order valence-electron chi connectivity index (χ0n) is 18.4. The Morgan fingerprint density at radius 3 is 2.63 bits per heavy atom. The molecule has 9 nitrogen and oxygen atoms in total. The predicted molar refractivity (Wildman–Crippen MR) is 126 cm³/mol. The molecule has 1 aliphatic heterocycles. The molecule has 1 aromatic heterocycles. The highest BCUT2D eigenvalue weighted by atomic mass is 32.2. The van der Waals surface area contributed by atoms with E-state index in [4.69, 9.17) is 0 Å². The number of rotatable bonds is 7. The lowest BCUT2D eigenvalue weighted by Gasteiger charge is -2.18. The van der Waals surface area contributed by atoms with Crippen LogP contribution in [-0.2, 0) is 34.0 Å². The molecule has 4 rings (SSSR count). The van der Waals surface area contributed by atoms with E-state index in [1.807, 2.05) is 0 Å². The van der Waals surface area contributed by atoms with Gasteiger partial charge in [-0.2, -0.15) is 18.2 Å². The van der Waals surface area contributed by atoms with Gasteiger partial charge in [0, 0.05) is 36.2 Å². The van der Waals surface area contributed by atoms with Crippen LogP contribution in [0, 0.1) is 0 Å². The first-order valence-corrected chi connectivity index (χ1v) is 12.3. The van der Waals surface area contributed by atoms with Crippen LogP contribution in [0.2, 0.25) is 0 Å². The molecule has 0 saturated carbocycles. The maximum atomic E-state index is 13.6. The first-order valence-electron chi connectivity index (χ1n) is 10.4. The monoisotopic (exact) mass is 506 g/mol. The predicted octanol–water partition coefficient (Wildman–Crippen LogP) is 4.11.